The lowest BCUT2D eigenvalue weighted by Crippen LogP contribution is -1.98. The average molecular weight is 317 g/mol. The Bertz CT molecular complexity index is 502. The number of halogens is 1. The maximum absolute atomic E-state index is 11.9. The van der Waals surface area contributed by atoms with Crippen LogP contribution in [0.3, 0.4) is 0 Å². The molecule has 84 valence electrons. The van der Waals surface area contributed by atoms with E-state index in [-0.39, 0.29) is 5.78 Å². The van der Waals surface area contributed by atoms with Crippen LogP contribution < -0.4 is 4.74 Å². The van der Waals surface area contributed by atoms with Gasteiger partial charge in [0.1, 0.15) is 5.75 Å². The number of ketones is 1. The lowest BCUT2D eigenvalue weighted by molar-refractivity contribution is 0.0997. The quantitative estimate of drug-likeness (QED) is 0.797. The normalized spacial score (nSPS) is 10.4. The molecule has 0 aliphatic heterocycles. The summed E-state index contributed by atoms with van der Waals surface area (Å²) < 4.78 is 6.11. The molecule has 0 aliphatic carbocycles. The molecule has 0 bridgehead atoms. The van der Waals surface area contributed by atoms with Crippen LogP contribution in [0.4, 0.5) is 0 Å². The Morgan fingerprint density at radius 3 is 2.88 bits per heavy atom. The summed E-state index contributed by atoms with van der Waals surface area (Å²) in [6, 6.07) is 5.72. The third-order valence-corrected chi connectivity index (χ3v) is 4.62. The minimum atomic E-state index is 0.141. The van der Waals surface area contributed by atoms with Gasteiger partial charge in [-0.15, -0.1) is 22.7 Å². The Kier molecular flexibility index (Phi) is 3.78. The Labute approximate surface area is 110 Å². The van der Waals surface area contributed by atoms with Crippen LogP contribution in [-0.4, -0.2) is 12.9 Å². The molecule has 2 rings (SSSR count). The zero-order valence-corrected chi connectivity index (χ0v) is 11.7. The van der Waals surface area contributed by atoms with Crippen LogP contribution >= 0.6 is 38.6 Å². The maximum Gasteiger partial charge on any atom is 0.178 e. The van der Waals surface area contributed by atoms with Gasteiger partial charge >= 0.3 is 0 Å². The van der Waals surface area contributed by atoms with Crippen molar-refractivity contribution in [3.05, 3.63) is 37.1 Å². The van der Waals surface area contributed by atoms with E-state index in [9.17, 15) is 4.79 Å². The summed E-state index contributed by atoms with van der Waals surface area (Å²) in [5.41, 5.74) is 0. The van der Waals surface area contributed by atoms with E-state index >= 15 is 0 Å². The maximum atomic E-state index is 11.9. The summed E-state index contributed by atoms with van der Waals surface area (Å²) in [5.74, 6) is 0.892. The second-order valence-corrected chi connectivity index (χ2v) is 6.62. The van der Waals surface area contributed by atoms with Gasteiger partial charge in [-0.1, -0.05) is 0 Å². The molecule has 0 fully saturated rings. The van der Waals surface area contributed by atoms with E-state index in [4.69, 9.17) is 4.74 Å². The van der Waals surface area contributed by atoms with Crippen LogP contribution in [0.15, 0.2) is 27.4 Å². The third-order valence-electron chi connectivity index (χ3n) is 2.05. The van der Waals surface area contributed by atoms with Crippen molar-refractivity contribution in [3.8, 4) is 5.75 Å². The van der Waals surface area contributed by atoms with E-state index in [0.717, 1.165) is 19.3 Å². The van der Waals surface area contributed by atoms with Gasteiger partial charge in [-0.25, -0.2) is 0 Å². The van der Waals surface area contributed by atoms with E-state index < -0.39 is 0 Å². The van der Waals surface area contributed by atoms with E-state index in [2.05, 4.69) is 15.9 Å². The second kappa shape index (κ2) is 5.12. The number of carbonyl (C=O) groups excluding carboxylic acids is 1. The molecule has 0 N–H and O–H groups in total. The number of Topliss-reactive ketones (excluding diaryl/α,β-unsaturated/α-hetero) is 1. The molecular formula is C11H9BrO2S2. The first-order valence-electron chi connectivity index (χ1n) is 4.59. The van der Waals surface area contributed by atoms with Crippen LogP contribution in [0.1, 0.15) is 14.5 Å². The Morgan fingerprint density at radius 2 is 2.31 bits per heavy atom. The van der Waals surface area contributed by atoms with Crippen molar-refractivity contribution >= 4 is 44.4 Å². The van der Waals surface area contributed by atoms with Crippen LogP contribution in [0.25, 0.3) is 0 Å². The first-order chi connectivity index (χ1) is 7.69. The summed E-state index contributed by atoms with van der Waals surface area (Å²) in [4.78, 5) is 13.7. The highest BCUT2D eigenvalue weighted by Gasteiger charge is 2.11. The van der Waals surface area contributed by atoms with Gasteiger partial charge < -0.3 is 4.74 Å². The minimum Gasteiger partial charge on any atom is -0.496 e. The van der Waals surface area contributed by atoms with Crippen molar-refractivity contribution in [2.24, 2.45) is 0 Å². The molecule has 0 saturated carbocycles. The van der Waals surface area contributed by atoms with Gasteiger partial charge in [0.2, 0.25) is 0 Å². The molecule has 0 spiro atoms. The molecule has 0 saturated heterocycles. The zero-order chi connectivity index (χ0) is 11.5. The molecule has 5 heteroatoms. The Balaban J connectivity index is 2.08. The molecule has 0 radical (unpaired) electrons. The lowest BCUT2D eigenvalue weighted by Gasteiger charge is -1.94. The van der Waals surface area contributed by atoms with Crippen LogP contribution in [-0.2, 0) is 6.42 Å². The molecule has 2 nitrogen and oxygen atoms in total. The van der Waals surface area contributed by atoms with Crippen molar-refractivity contribution in [1.29, 1.82) is 0 Å². The van der Waals surface area contributed by atoms with Crippen LogP contribution in [0.2, 0.25) is 0 Å². The van der Waals surface area contributed by atoms with Gasteiger partial charge in [-0.05, 0) is 28.1 Å². The smallest absolute Gasteiger partial charge is 0.178 e. The molecule has 0 amide bonds. The second-order valence-electron chi connectivity index (χ2n) is 3.16. The average Bonchev–Trinajstić information content (AvgIpc) is 2.87. The predicted octanol–water partition coefficient (Wildman–Crippen LogP) is 4.01. The van der Waals surface area contributed by atoms with Gasteiger partial charge in [0.15, 0.2) is 5.78 Å². The van der Waals surface area contributed by atoms with Crippen molar-refractivity contribution in [2.45, 2.75) is 6.42 Å². The van der Waals surface area contributed by atoms with Crippen molar-refractivity contribution in [3.63, 3.8) is 0 Å². The van der Waals surface area contributed by atoms with E-state index in [1.165, 1.54) is 11.3 Å². The summed E-state index contributed by atoms with van der Waals surface area (Å²) in [6.45, 7) is 0. The standard InChI is InChI=1S/C11H9BrO2S2/c1-14-7-4-10(15-6-7)9(13)5-8-2-3-11(12)16-8/h2-4,6H,5H2,1H3. The highest BCUT2D eigenvalue weighted by molar-refractivity contribution is 9.11. The van der Waals surface area contributed by atoms with Gasteiger partial charge in [-0.2, -0.15) is 0 Å². The van der Waals surface area contributed by atoms with Crippen LogP contribution in [0, 0.1) is 0 Å². The number of methoxy groups -OCH3 is 1. The first kappa shape index (κ1) is 11.8. The summed E-state index contributed by atoms with van der Waals surface area (Å²) in [7, 11) is 1.60. The number of hydrogen-bond donors (Lipinski definition) is 0. The van der Waals surface area contributed by atoms with E-state index in [1.807, 2.05) is 17.5 Å². The topological polar surface area (TPSA) is 26.3 Å². The van der Waals surface area contributed by atoms with Gasteiger partial charge in [0.05, 0.1) is 15.8 Å². The SMILES string of the molecule is COc1csc(C(=O)Cc2ccc(Br)s2)c1. The van der Waals surface area contributed by atoms with Crippen LogP contribution in [0.5, 0.6) is 5.75 Å². The molecule has 2 aromatic heterocycles. The predicted molar refractivity (Wildman–Crippen MR) is 70.9 cm³/mol. The Hall–Kier alpha value is -0.650. The monoisotopic (exact) mass is 316 g/mol. The molecule has 0 unspecified atom stereocenters. The molecule has 16 heavy (non-hydrogen) atoms. The molecule has 0 aliphatic rings. The lowest BCUT2D eigenvalue weighted by atomic mass is 10.2. The fourth-order valence-electron chi connectivity index (χ4n) is 1.26. The molecule has 2 aromatic rings. The highest BCUT2D eigenvalue weighted by Crippen LogP contribution is 2.26. The van der Waals surface area contributed by atoms with Crippen molar-refractivity contribution < 1.29 is 9.53 Å². The number of carbonyl (C=O) groups is 1. The molecule has 0 aromatic carbocycles. The fourth-order valence-corrected chi connectivity index (χ4v) is 3.54. The summed E-state index contributed by atoms with van der Waals surface area (Å²) in [5, 5.41) is 1.84. The summed E-state index contributed by atoms with van der Waals surface area (Å²) >= 11 is 6.40. The molecule has 0 atom stereocenters. The highest BCUT2D eigenvalue weighted by atomic mass is 79.9. The zero-order valence-electron chi connectivity index (χ0n) is 8.53. The molecular weight excluding hydrogens is 308 g/mol. The van der Waals surface area contributed by atoms with Gasteiger partial charge in [-0.3, -0.25) is 4.79 Å². The number of thiophene rings is 2. The third kappa shape index (κ3) is 2.72. The number of rotatable bonds is 4. The largest absolute Gasteiger partial charge is 0.496 e. The number of ether oxygens (including phenoxy) is 1. The van der Waals surface area contributed by atoms with Crippen molar-refractivity contribution in [1.82, 2.24) is 0 Å². The van der Waals surface area contributed by atoms with Crippen molar-refractivity contribution in [2.75, 3.05) is 7.11 Å². The minimum absolute atomic E-state index is 0.141. The molecule has 2 heterocycles. The number of hydrogen-bond acceptors (Lipinski definition) is 4. The van der Waals surface area contributed by atoms with E-state index in [1.54, 1.807) is 24.5 Å². The summed E-state index contributed by atoms with van der Waals surface area (Å²) in [6.07, 6.45) is 0.458. The Morgan fingerprint density at radius 1 is 1.50 bits per heavy atom. The fraction of sp³-hybridized carbons (Fsp3) is 0.182. The van der Waals surface area contributed by atoms with E-state index in [0.29, 0.717) is 6.42 Å². The van der Waals surface area contributed by atoms with Gasteiger partial charge in [0, 0.05) is 22.7 Å². The van der Waals surface area contributed by atoms with Gasteiger partial charge in [0.25, 0.3) is 0 Å². The first-order valence-corrected chi connectivity index (χ1v) is 7.08.